The van der Waals surface area contributed by atoms with E-state index < -0.39 is 103 Å². The zero-order chi connectivity index (χ0) is 26.2. The maximum absolute atomic E-state index is 12.2. The standard InChI is InChI=1S/C14H16N2O14S4/c17-9-1-7(33(25,26)27)11(19)15(9)5(13(21)22)3-31-32-4-6(14(23)24)16-10(18)2-8(12(16)20)34(28,29)30/h5-8H,1-4H2,(H,21,22)(H,23,24)(H,25,26,27)(H,28,29,30). The molecule has 0 radical (unpaired) electrons. The van der Waals surface area contributed by atoms with Gasteiger partial charge in [-0.1, -0.05) is 21.6 Å². The zero-order valence-corrected chi connectivity index (χ0v) is 19.8. The maximum Gasteiger partial charge on any atom is 0.327 e. The van der Waals surface area contributed by atoms with Crippen molar-refractivity contribution in [2.24, 2.45) is 0 Å². The highest BCUT2D eigenvalue weighted by molar-refractivity contribution is 8.76. The zero-order valence-electron chi connectivity index (χ0n) is 16.5. The van der Waals surface area contributed by atoms with E-state index in [1.807, 2.05) is 0 Å². The number of hydrogen-bond acceptors (Lipinski definition) is 12. The highest BCUT2D eigenvalue weighted by Crippen LogP contribution is 2.31. The van der Waals surface area contributed by atoms with E-state index in [0.29, 0.717) is 21.6 Å². The highest BCUT2D eigenvalue weighted by atomic mass is 33.1. The Morgan fingerprint density at radius 3 is 1.26 bits per heavy atom. The summed E-state index contributed by atoms with van der Waals surface area (Å²) in [6.45, 7) is 0. The van der Waals surface area contributed by atoms with Crippen molar-refractivity contribution >= 4 is 77.4 Å². The first-order valence-corrected chi connectivity index (χ1v) is 14.3. The van der Waals surface area contributed by atoms with E-state index >= 15 is 0 Å². The summed E-state index contributed by atoms with van der Waals surface area (Å²) in [6, 6.07) is -3.77. The SMILES string of the molecule is O=C(O)C(CSSCC(C(=O)O)N1C(=O)CC(S(=O)(=O)O)C1=O)N1C(=O)CC(S(=O)(=O)O)C1=O. The lowest BCUT2D eigenvalue weighted by molar-refractivity contribution is -0.153. The minimum Gasteiger partial charge on any atom is -0.480 e. The molecule has 0 bridgehead atoms. The van der Waals surface area contributed by atoms with Crippen molar-refractivity contribution in [2.45, 2.75) is 35.4 Å². The van der Waals surface area contributed by atoms with Crippen LogP contribution in [0.2, 0.25) is 0 Å². The number of amides is 4. The lowest BCUT2D eigenvalue weighted by Gasteiger charge is -2.24. The average Bonchev–Trinajstić information content (AvgIpc) is 3.14. The molecule has 0 aromatic rings. The number of likely N-dealkylation sites (tertiary alicyclic amines) is 2. The van der Waals surface area contributed by atoms with Gasteiger partial charge in [0.1, 0.15) is 12.1 Å². The van der Waals surface area contributed by atoms with E-state index in [4.69, 9.17) is 9.11 Å². The molecule has 4 amide bonds. The molecule has 0 aromatic carbocycles. The minimum atomic E-state index is -4.97. The number of hydrogen-bond donors (Lipinski definition) is 4. The van der Waals surface area contributed by atoms with Crippen LogP contribution in [0.4, 0.5) is 0 Å². The van der Waals surface area contributed by atoms with Gasteiger partial charge in [-0.3, -0.25) is 38.1 Å². The van der Waals surface area contributed by atoms with E-state index in [2.05, 4.69) is 0 Å². The molecule has 4 unspecified atom stereocenters. The molecule has 0 aromatic heterocycles. The molecule has 2 saturated heterocycles. The second-order valence-electron chi connectivity index (χ2n) is 6.90. The predicted molar refractivity (Wildman–Crippen MR) is 111 cm³/mol. The third kappa shape index (κ3) is 5.86. The molecule has 190 valence electrons. The molecule has 0 aliphatic carbocycles. The first kappa shape index (κ1) is 28.0. The first-order valence-electron chi connectivity index (χ1n) is 8.82. The van der Waals surface area contributed by atoms with Gasteiger partial charge in [0.25, 0.3) is 32.1 Å². The topological polar surface area (TPSA) is 258 Å². The number of carboxylic acid groups (broad SMARTS) is 2. The smallest absolute Gasteiger partial charge is 0.327 e. The molecular weight excluding hydrogens is 548 g/mol. The van der Waals surface area contributed by atoms with Gasteiger partial charge in [-0.15, -0.1) is 0 Å². The molecule has 2 fully saturated rings. The van der Waals surface area contributed by atoms with Gasteiger partial charge < -0.3 is 10.2 Å². The molecule has 2 rings (SSSR count). The maximum atomic E-state index is 12.2. The van der Waals surface area contributed by atoms with Gasteiger partial charge in [-0.05, 0) is 0 Å². The van der Waals surface area contributed by atoms with Crippen LogP contribution >= 0.6 is 21.6 Å². The van der Waals surface area contributed by atoms with Gasteiger partial charge in [0.05, 0.1) is 12.8 Å². The third-order valence-electron chi connectivity index (χ3n) is 4.73. The van der Waals surface area contributed by atoms with Crippen LogP contribution in [-0.2, 0) is 49.0 Å². The molecule has 0 spiro atoms. The van der Waals surface area contributed by atoms with Crippen LogP contribution in [0.25, 0.3) is 0 Å². The molecule has 2 heterocycles. The largest absolute Gasteiger partial charge is 0.480 e. The summed E-state index contributed by atoms with van der Waals surface area (Å²) in [5.41, 5.74) is 0. The third-order valence-corrected chi connectivity index (χ3v) is 9.29. The van der Waals surface area contributed by atoms with Gasteiger partial charge in [-0.2, -0.15) is 16.8 Å². The number of imide groups is 2. The quantitative estimate of drug-likeness (QED) is 0.0861. The summed E-state index contributed by atoms with van der Waals surface area (Å²) in [5, 5.41) is 14.4. The van der Waals surface area contributed by atoms with Gasteiger partial charge in [0, 0.05) is 11.5 Å². The number of rotatable bonds is 11. The van der Waals surface area contributed by atoms with Crippen LogP contribution in [0, 0.1) is 0 Å². The van der Waals surface area contributed by atoms with Crippen LogP contribution in [0.5, 0.6) is 0 Å². The van der Waals surface area contributed by atoms with Crippen molar-refractivity contribution in [2.75, 3.05) is 11.5 Å². The number of aliphatic carboxylic acids is 2. The van der Waals surface area contributed by atoms with Gasteiger partial charge in [-0.25, -0.2) is 9.59 Å². The van der Waals surface area contributed by atoms with E-state index in [1.165, 1.54) is 0 Å². The molecular formula is C14H16N2O14S4. The number of carboxylic acids is 2. The second-order valence-corrected chi connectivity index (χ2v) is 12.6. The summed E-state index contributed by atoms with van der Waals surface area (Å²) in [5.74, 6) is -9.79. The predicted octanol–water partition coefficient (Wildman–Crippen LogP) is -2.70. The molecule has 0 saturated carbocycles. The van der Waals surface area contributed by atoms with Crippen LogP contribution in [0.15, 0.2) is 0 Å². The van der Waals surface area contributed by atoms with E-state index in [9.17, 15) is 55.8 Å². The van der Waals surface area contributed by atoms with Crippen LogP contribution in [-0.4, -0.2) is 116 Å². The van der Waals surface area contributed by atoms with Crippen LogP contribution < -0.4 is 0 Å². The Morgan fingerprint density at radius 2 is 1.06 bits per heavy atom. The first-order chi connectivity index (χ1) is 15.5. The van der Waals surface area contributed by atoms with E-state index in [0.717, 1.165) is 0 Å². The average molecular weight is 565 g/mol. The molecule has 2 aliphatic heterocycles. The summed E-state index contributed by atoms with van der Waals surface area (Å²) >= 11 is 0. The van der Waals surface area contributed by atoms with E-state index in [-0.39, 0.29) is 9.80 Å². The fourth-order valence-corrected chi connectivity index (χ4v) is 6.93. The summed E-state index contributed by atoms with van der Waals surface area (Å²) in [6.07, 6.45) is -1.93. The van der Waals surface area contributed by atoms with Crippen molar-refractivity contribution in [1.82, 2.24) is 9.80 Å². The lowest BCUT2D eigenvalue weighted by atomic mass is 10.3. The fourth-order valence-electron chi connectivity index (χ4n) is 3.10. The monoisotopic (exact) mass is 564 g/mol. The van der Waals surface area contributed by atoms with Crippen molar-refractivity contribution in [3.8, 4) is 0 Å². The second kappa shape index (κ2) is 10.2. The summed E-state index contributed by atoms with van der Waals surface area (Å²) in [7, 11) is -8.74. The Balaban J connectivity index is 2.08. The summed E-state index contributed by atoms with van der Waals surface area (Å²) < 4.78 is 63.0. The van der Waals surface area contributed by atoms with Gasteiger partial charge >= 0.3 is 11.9 Å². The van der Waals surface area contributed by atoms with Crippen LogP contribution in [0.1, 0.15) is 12.8 Å². The Labute approximate surface area is 198 Å². The summed E-state index contributed by atoms with van der Waals surface area (Å²) in [4.78, 5) is 71.7. The van der Waals surface area contributed by atoms with Crippen molar-refractivity contribution in [3.05, 3.63) is 0 Å². The number of nitrogens with zero attached hydrogens (tertiary/aromatic N) is 2. The van der Waals surface area contributed by atoms with Crippen molar-refractivity contribution in [1.29, 1.82) is 0 Å². The van der Waals surface area contributed by atoms with Gasteiger partial charge in [0.15, 0.2) is 10.5 Å². The molecule has 2 aliphatic rings. The Morgan fingerprint density at radius 1 is 0.765 bits per heavy atom. The lowest BCUT2D eigenvalue weighted by Crippen LogP contribution is -2.48. The number of carbonyl (C=O) groups excluding carboxylic acids is 4. The van der Waals surface area contributed by atoms with Crippen molar-refractivity contribution in [3.63, 3.8) is 0 Å². The molecule has 4 atom stereocenters. The van der Waals surface area contributed by atoms with E-state index in [1.54, 1.807) is 0 Å². The Kier molecular flexibility index (Phi) is 8.36. The Bertz CT molecular complexity index is 1060. The normalized spacial score (nSPS) is 23.5. The fraction of sp³-hybridized carbons (Fsp3) is 0.571. The molecule has 20 heteroatoms. The molecule has 34 heavy (non-hydrogen) atoms. The van der Waals surface area contributed by atoms with Gasteiger partial charge in [0.2, 0.25) is 11.8 Å². The molecule has 16 nitrogen and oxygen atoms in total. The molecule has 4 N–H and O–H groups in total. The van der Waals surface area contributed by atoms with Crippen molar-refractivity contribution < 1.29 is 64.9 Å². The minimum absolute atomic E-state index is 0.160. The highest BCUT2D eigenvalue weighted by Gasteiger charge is 2.51. The Hall–Kier alpha value is -2.26. The van der Waals surface area contributed by atoms with Crippen LogP contribution in [0.3, 0.4) is 0 Å². The number of carbonyl (C=O) groups is 6.